The largest absolute Gasteiger partial charge is 0.395 e. The van der Waals surface area contributed by atoms with Gasteiger partial charge in [-0.05, 0) is 19.3 Å². The first kappa shape index (κ1) is 13.9. The molecule has 8 heteroatoms. The molecule has 4 N–H and O–H groups in total. The number of hydrogen-bond donors (Lipinski definition) is 3. The highest BCUT2D eigenvalue weighted by atomic mass is 32.2. The van der Waals surface area contributed by atoms with E-state index in [2.05, 4.69) is 15.5 Å². The molecule has 0 saturated carbocycles. The molecule has 1 aromatic rings. The lowest BCUT2D eigenvalue weighted by Crippen LogP contribution is -2.35. The number of nitrogens with zero attached hydrogens (tertiary/aromatic N) is 1. The summed E-state index contributed by atoms with van der Waals surface area (Å²) >= 11 is 0. The zero-order chi connectivity index (χ0) is 14.0. The van der Waals surface area contributed by atoms with Gasteiger partial charge in [-0.15, -0.1) is 0 Å². The van der Waals surface area contributed by atoms with Gasteiger partial charge in [0.25, 0.3) is 5.91 Å². The average molecular weight is 286 g/mol. The zero-order valence-electron chi connectivity index (χ0n) is 10.8. The molecule has 1 saturated heterocycles. The van der Waals surface area contributed by atoms with Crippen molar-refractivity contribution in [2.75, 3.05) is 18.0 Å². The van der Waals surface area contributed by atoms with Crippen molar-refractivity contribution in [2.24, 2.45) is 0 Å². The molecule has 1 amide bonds. The standard InChI is InChI=1S/C11H18N4O3S/c1-2-8-9(12)10(15-14-8)11(16)13-6-7-4-3-5-19(7,17)18/h7H,2-6,12H2,1H3,(H,13,16)(H,14,15). The van der Waals surface area contributed by atoms with Gasteiger partial charge in [0.15, 0.2) is 15.5 Å². The van der Waals surface area contributed by atoms with Gasteiger partial charge in [0.2, 0.25) is 0 Å². The van der Waals surface area contributed by atoms with E-state index in [1.54, 1.807) is 0 Å². The Balaban J connectivity index is 2.00. The number of rotatable bonds is 4. The third-order valence-electron chi connectivity index (χ3n) is 3.40. The summed E-state index contributed by atoms with van der Waals surface area (Å²) in [7, 11) is -3.05. The quantitative estimate of drug-likeness (QED) is 0.712. The number of sulfone groups is 1. The number of nitrogens with one attached hydrogen (secondary N) is 2. The van der Waals surface area contributed by atoms with Crippen molar-refractivity contribution in [3.05, 3.63) is 11.4 Å². The van der Waals surface area contributed by atoms with E-state index >= 15 is 0 Å². The molecule has 7 nitrogen and oxygen atoms in total. The molecule has 1 atom stereocenters. The highest BCUT2D eigenvalue weighted by molar-refractivity contribution is 7.92. The predicted molar refractivity (Wildman–Crippen MR) is 71.5 cm³/mol. The first-order valence-corrected chi connectivity index (χ1v) is 7.99. The summed E-state index contributed by atoms with van der Waals surface area (Å²) in [6, 6.07) is 0. The van der Waals surface area contributed by atoms with Gasteiger partial charge in [0, 0.05) is 6.54 Å². The molecule has 0 bridgehead atoms. The van der Waals surface area contributed by atoms with E-state index in [9.17, 15) is 13.2 Å². The number of hydrogen-bond acceptors (Lipinski definition) is 5. The number of carbonyl (C=O) groups is 1. The molecule has 2 rings (SSSR count). The third kappa shape index (κ3) is 2.73. The highest BCUT2D eigenvalue weighted by Gasteiger charge is 2.31. The van der Waals surface area contributed by atoms with Gasteiger partial charge in [-0.2, -0.15) is 5.10 Å². The van der Waals surface area contributed by atoms with E-state index in [1.165, 1.54) is 0 Å². The van der Waals surface area contributed by atoms with Crippen molar-refractivity contribution < 1.29 is 13.2 Å². The van der Waals surface area contributed by atoms with Crippen molar-refractivity contribution in [1.29, 1.82) is 0 Å². The summed E-state index contributed by atoms with van der Waals surface area (Å²) in [5.74, 6) is -0.228. The van der Waals surface area contributed by atoms with Gasteiger partial charge >= 0.3 is 0 Å². The summed E-state index contributed by atoms with van der Waals surface area (Å²) in [5, 5.41) is 8.66. The van der Waals surface area contributed by atoms with Crippen molar-refractivity contribution in [3.63, 3.8) is 0 Å². The molecule has 2 heterocycles. The molecule has 0 radical (unpaired) electrons. The Morgan fingerprint density at radius 2 is 2.32 bits per heavy atom. The number of amides is 1. The van der Waals surface area contributed by atoms with Gasteiger partial charge in [-0.1, -0.05) is 6.92 Å². The molecular weight excluding hydrogens is 268 g/mol. The number of aromatic nitrogens is 2. The molecule has 1 aliphatic rings. The van der Waals surface area contributed by atoms with Gasteiger partial charge in [0.05, 0.1) is 22.4 Å². The number of aryl methyl sites for hydroxylation is 1. The number of carbonyl (C=O) groups excluding carboxylic acids is 1. The minimum Gasteiger partial charge on any atom is -0.395 e. The summed E-state index contributed by atoms with van der Waals surface area (Å²) in [5.41, 5.74) is 6.95. The fourth-order valence-electron chi connectivity index (χ4n) is 2.21. The summed E-state index contributed by atoms with van der Waals surface area (Å²) in [6.07, 6.45) is 1.91. The lowest BCUT2D eigenvalue weighted by molar-refractivity contribution is 0.0949. The molecule has 0 spiro atoms. The molecule has 1 aliphatic heterocycles. The van der Waals surface area contributed by atoms with Crippen LogP contribution in [0.2, 0.25) is 0 Å². The maximum absolute atomic E-state index is 11.9. The average Bonchev–Trinajstić information content (AvgIpc) is 2.89. The zero-order valence-corrected chi connectivity index (χ0v) is 11.6. The Hall–Kier alpha value is -1.57. The number of aromatic amines is 1. The fraction of sp³-hybridized carbons (Fsp3) is 0.636. The lowest BCUT2D eigenvalue weighted by Gasteiger charge is -2.10. The van der Waals surface area contributed by atoms with E-state index in [-0.39, 0.29) is 18.0 Å². The van der Waals surface area contributed by atoms with Crippen molar-refractivity contribution in [1.82, 2.24) is 15.5 Å². The van der Waals surface area contributed by atoms with Crippen LogP contribution in [0.3, 0.4) is 0 Å². The maximum atomic E-state index is 11.9. The van der Waals surface area contributed by atoms with Crippen LogP contribution in [0.15, 0.2) is 0 Å². The highest BCUT2D eigenvalue weighted by Crippen LogP contribution is 2.19. The Bertz CT molecular complexity index is 579. The summed E-state index contributed by atoms with van der Waals surface area (Å²) < 4.78 is 23.3. The van der Waals surface area contributed by atoms with Crippen LogP contribution in [-0.2, 0) is 16.3 Å². The summed E-state index contributed by atoms with van der Waals surface area (Å²) in [6.45, 7) is 2.02. The minimum absolute atomic E-state index is 0.120. The minimum atomic E-state index is -3.05. The van der Waals surface area contributed by atoms with E-state index in [4.69, 9.17) is 5.73 Å². The Labute approximate surface area is 111 Å². The molecule has 19 heavy (non-hydrogen) atoms. The van der Waals surface area contributed by atoms with Crippen LogP contribution >= 0.6 is 0 Å². The molecule has 106 valence electrons. The summed E-state index contributed by atoms with van der Waals surface area (Å²) in [4.78, 5) is 11.9. The first-order chi connectivity index (χ1) is 8.95. The van der Waals surface area contributed by atoms with Crippen molar-refractivity contribution >= 4 is 21.4 Å². The molecular formula is C11H18N4O3S. The molecule has 1 fully saturated rings. The Kier molecular flexibility index (Phi) is 3.79. The molecule has 1 unspecified atom stereocenters. The van der Waals surface area contributed by atoms with Crippen molar-refractivity contribution in [2.45, 2.75) is 31.4 Å². The second-order valence-electron chi connectivity index (χ2n) is 4.66. The van der Waals surface area contributed by atoms with Crippen LogP contribution in [0.1, 0.15) is 35.9 Å². The predicted octanol–water partition coefficient (Wildman–Crippen LogP) is -0.139. The third-order valence-corrected chi connectivity index (χ3v) is 5.68. The second-order valence-corrected chi connectivity index (χ2v) is 7.06. The van der Waals surface area contributed by atoms with Crippen molar-refractivity contribution in [3.8, 4) is 0 Å². The van der Waals surface area contributed by atoms with Crippen LogP contribution in [0.4, 0.5) is 5.69 Å². The molecule has 0 aliphatic carbocycles. The number of nitrogen functional groups attached to an aromatic ring is 1. The van der Waals surface area contributed by atoms with Crippen LogP contribution in [-0.4, -0.2) is 42.1 Å². The van der Waals surface area contributed by atoms with Crippen LogP contribution < -0.4 is 11.1 Å². The van der Waals surface area contributed by atoms with Gasteiger partial charge < -0.3 is 11.1 Å². The van der Waals surface area contributed by atoms with Gasteiger partial charge in [-0.3, -0.25) is 9.89 Å². The van der Waals surface area contributed by atoms with Crippen LogP contribution in [0, 0.1) is 0 Å². The lowest BCUT2D eigenvalue weighted by atomic mass is 10.2. The second kappa shape index (κ2) is 5.20. The number of H-pyrrole nitrogens is 1. The van der Waals surface area contributed by atoms with E-state index < -0.39 is 21.0 Å². The van der Waals surface area contributed by atoms with Gasteiger partial charge in [0.1, 0.15) is 0 Å². The van der Waals surface area contributed by atoms with E-state index in [0.717, 1.165) is 0 Å². The first-order valence-electron chi connectivity index (χ1n) is 6.28. The molecule has 1 aromatic heterocycles. The van der Waals surface area contributed by atoms with Gasteiger partial charge in [-0.25, -0.2) is 8.42 Å². The Morgan fingerprint density at radius 1 is 1.58 bits per heavy atom. The smallest absolute Gasteiger partial charge is 0.273 e. The maximum Gasteiger partial charge on any atom is 0.273 e. The number of nitrogens with two attached hydrogens (primary N) is 1. The normalized spacial score (nSPS) is 21.4. The van der Waals surface area contributed by atoms with E-state index in [1.807, 2.05) is 6.92 Å². The fourth-order valence-corrected chi connectivity index (χ4v) is 3.97. The van der Waals surface area contributed by atoms with Crippen LogP contribution in [0.5, 0.6) is 0 Å². The van der Waals surface area contributed by atoms with E-state index in [0.29, 0.717) is 30.6 Å². The molecule has 0 aromatic carbocycles. The topological polar surface area (TPSA) is 118 Å². The van der Waals surface area contributed by atoms with Crippen LogP contribution in [0.25, 0.3) is 0 Å². The monoisotopic (exact) mass is 286 g/mol. The Morgan fingerprint density at radius 3 is 2.84 bits per heavy atom. The number of anilines is 1. The SMILES string of the molecule is CCc1[nH]nc(C(=O)NCC2CCCS2(=O)=O)c1N.